The molecule has 2 aromatic rings. The van der Waals surface area contributed by atoms with Crippen molar-refractivity contribution in [3.05, 3.63) is 48.3 Å². The summed E-state index contributed by atoms with van der Waals surface area (Å²) in [5.74, 6) is 2.14. The molecule has 0 aliphatic heterocycles. The van der Waals surface area contributed by atoms with E-state index in [0.29, 0.717) is 12.5 Å². The highest BCUT2D eigenvalue weighted by Crippen LogP contribution is 2.23. The fraction of sp³-hybridized carbons (Fsp3) is 0.524. The highest BCUT2D eigenvalue weighted by molar-refractivity contribution is 14.0. The Morgan fingerprint density at radius 2 is 1.96 bits per heavy atom. The summed E-state index contributed by atoms with van der Waals surface area (Å²) in [6, 6.07) is 10.0. The number of nitrogens with zero attached hydrogens (tertiary/aromatic N) is 3. The second-order valence-electron chi connectivity index (χ2n) is 7.73. The van der Waals surface area contributed by atoms with Crippen molar-refractivity contribution < 1.29 is 4.74 Å². The third-order valence-corrected chi connectivity index (χ3v) is 3.82. The van der Waals surface area contributed by atoms with Crippen LogP contribution in [0.3, 0.4) is 0 Å². The molecule has 1 heterocycles. The van der Waals surface area contributed by atoms with Gasteiger partial charge >= 0.3 is 0 Å². The Labute approximate surface area is 186 Å². The number of rotatable bonds is 8. The van der Waals surface area contributed by atoms with Gasteiger partial charge in [-0.05, 0) is 45.7 Å². The number of benzene rings is 1. The summed E-state index contributed by atoms with van der Waals surface area (Å²) in [6.07, 6.45) is 3.80. The molecule has 7 heteroatoms. The summed E-state index contributed by atoms with van der Waals surface area (Å²) in [7, 11) is 0. The van der Waals surface area contributed by atoms with Gasteiger partial charge in [0, 0.05) is 37.6 Å². The van der Waals surface area contributed by atoms with E-state index >= 15 is 0 Å². The molecule has 0 bridgehead atoms. The molecule has 0 aliphatic rings. The Balaban J connectivity index is 0.00000392. The van der Waals surface area contributed by atoms with Gasteiger partial charge in [-0.15, -0.1) is 24.0 Å². The van der Waals surface area contributed by atoms with Crippen molar-refractivity contribution in [3.8, 4) is 5.75 Å². The maximum Gasteiger partial charge on any atom is 0.191 e. The predicted octanol–water partition coefficient (Wildman–Crippen LogP) is 4.07. The van der Waals surface area contributed by atoms with E-state index in [2.05, 4.69) is 56.4 Å². The van der Waals surface area contributed by atoms with E-state index in [-0.39, 0.29) is 29.6 Å². The van der Waals surface area contributed by atoms with Crippen molar-refractivity contribution in [1.29, 1.82) is 0 Å². The number of nitrogens with one attached hydrogen (secondary N) is 2. The molecule has 0 amide bonds. The van der Waals surface area contributed by atoms with Crippen LogP contribution in [0.4, 0.5) is 0 Å². The molecule has 0 spiro atoms. The zero-order valence-corrected chi connectivity index (χ0v) is 19.9. The van der Waals surface area contributed by atoms with E-state index in [9.17, 15) is 0 Å². The first kappa shape index (κ1) is 24.3. The lowest BCUT2D eigenvalue weighted by atomic mass is 10.1. The maximum atomic E-state index is 6.06. The van der Waals surface area contributed by atoms with Crippen molar-refractivity contribution in [1.82, 2.24) is 20.4 Å². The van der Waals surface area contributed by atoms with Crippen LogP contribution in [0.1, 0.15) is 40.2 Å². The second kappa shape index (κ2) is 11.9. The molecule has 0 aliphatic carbocycles. The molecule has 1 aromatic heterocycles. The SMILES string of the molecule is CCNC(=NCc1ccccc1OC(C)(C)C)NCC(C)Cn1cccn1.I. The van der Waals surface area contributed by atoms with E-state index in [1.54, 1.807) is 0 Å². The minimum atomic E-state index is -0.232. The Kier molecular flexibility index (Phi) is 10.3. The second-order valence-corrected chi connectivity index (χ2v) is 7.73. The van der Waals surface area contributed by atoms with E-state index in [4.69, 9.17) is 9.73 Å². The third-order valence-electron chi connectivity index (χ3n) is 3.82. The van der Waals surface area contributed by atoms with Crippen LogP contribution in [0, 0.1) is 5.92 Å². The van der Waals surface area contributed by atoms with Gasteiger partial charge in [-0.1, -0.05) is 25.1 Å². The normalized spacial score (nSPS) is 12.8. The summed E-state index contributed by atoms with van der Waals surface area (Å²) in [5, 5.41) is 11.0. The van der Waals surface area contributed by atoms with Crippen molar-refractivity contribution in [3.63, 3.8) is 0 Å². The fourth-order valence-electron chi connectivity index (χ4n) is 2.63. The van der Waals surface area contributed by atoms with Gasteiger partial charge in [0.05, 0.1) is 6.54 Å². The number of guanidine groups is 1. The molecule has 6 nitrogen and oxygen atoms in total. The molecule has 0 saturated carbocycles. The molecule has 2 N–H and O–H groups in total. The minimum Gasteiger partial charge on any atom is -0.488 e. The van der Waals surface area contributed by atoms with E-state index in [0.717, 1.165) is 36.9 Å². The molecule has 0 fully saturated rings. The third kappa shape index (κ3) is 8.95. The van der Waals surface area contributed by atoms with Gasteiger partial charge in [0.15, 0.2) is 5.96 Å². The molecule has 2 rings (SSSR count). The number of para-hydroxylation sites is 1. The average molecular weight is 499 g/mol. The standard InChI is InChI=1S/C21H33N5O.HI/c1-6-22-20(23-14-17(2)16-26-13-9-12-25-26)24-15-18-10-7-8-11-19(18)27-21(3,4)5;/h7-13,17H,6,14-16H2,1-5H3,(H2,22,23,24);1H. The van der Waals surface area contributed by atoms with Gasteiger partial charge in [0.1, 0.15) is 11.4 Å². The van der Waals surface area contributed by atoms with Crippen molar-refractivity contribution in [2.75, 3.05) is 13.1 Å². The van der Waals surface area contributed by atoms with Crippen molar-refractivity contribution in [2.45, 2.75) is 53.3 Å². The van der Waals surface area contributed by atoms with Gasteiger partial charge in [-0.3, -0.25) is 4.68 Å². The first-order valence-electron chi connectivity index (χ1n) is 9.64. The van der Waals surface area contributed by atoms with E-state index < -0.39 is 0 Å². The Bertz CT molecular complexity index is 710. The Hall–Kier alpha value is -1.77. The Morgan fingerprint density at radius 3 is 2.61 bits per heavy atom. The zero-order chi connectivity index (χ0) is 19.7. The quantitative estimate of drug-likeness (QED) is 0.327. The van der Waals surface area contributed by atoms with Crippen LogP contribution in [0.15, 0.2) is 47.7 Å². The number of hydrogen-bond donors (Lipinski definition) is 2. The summed E-state index contributed by atoms with van der Waals surface area (Å²) >= 11 is 0. The van der Waals surface area contributed by atoms with Crippen LogP contribution in [0.2, 0.25) is 0 Å². The average Bonchev–Trinajstić information content (AvgIpc) is 3.10. The lowest BCUT2D eigenvalue weighted by Gasteiger charge is -2.23. The number of hydrogen-bond acceptors (Lipinski definition) is 3. The molecule has 1 aromatic carbocycles. The summed E-state index contributed by atoms with van der Waals surface area (Å²) < 4.78 is 8.02. The van der Waals surface area contributed by atoms with Gasteiger partial charge in [-0.2, -0.15) is 5.10 Å². The molecule has 28 heavy (non-hydrogen) atoms. The fourth-order valence-corrected chi connectivity index (χ4v) is 2.63. The minimum absolute atomic E-state index is 0. The smallest absolute Gasteiger partial charge is 0.191 e. The molecular formula is C21H34IN5O. The molecule has 1 unspecified atom stereocenters. The molecule has 0 radical (unpaired) electrons. The summed E-state index contributed by atoms with van der Waals surface area (Å²) in [6.45, 7) is 13.5. The summed E-state index contributed by atoms with van der Waals surface area (Å²) in [5.41, 5.74) is 0.846. The van der Waals surface area contributed by atoms with Gasteiger partial charge in [0.2, 0.25) is 0 Å². The maximum absolute atomic E-state index is 6.06. The van der Waals surface area contributed by atoms with Crippen molar-refractivity contribution >= 4 is 29.9 Å². The van der Waals surface area contributed by atoms with Crippen LogP contribution >= 0.6 is 24.0 Å². The number of ether oxygens (including phenoxy) is 1. The Morgan fingerprint density at radius 1 is 1.21 bits per heavy atom. The lowest BCUT2D eigenvalue weighted by Crippen LogP contribution is -2.40. The van der Waals surface area contributed by atoms with Crippen molar-refractivity contribution in [2.24, 2.45) is 10.9 Å². The molecular weight excluding hydrogens is 465 g/mol. The van der Waals surface area contributed by atoms with Crippen LogP contribution in [0.25, 0.3) is 0 Å². The highest BCUT2D eigenvalue weighted by Gasteiger charge is 2.14. The number of aliphatic imine (C=N–C) groups is 1. The largest absolute Gasteiger partial charge is 0.488 e. The van der Waals surface area contributed by atoms with E-state index in [1.807, 2.05) is 41.3 Å². The zero-order valence-electron chi connectivity index (χ0n) is 17.6. The van der Waals surface area contributed by atoms with Crippen LogP contribution in [-0.2, 0) is 13.1 Å². The van der Waals surface area contributed by atoms with Gasteiger partial charge in [0.25, 0.3) is 0 Å². The predicted molar refractivity (Wildman–Crippen MR) is 126 cm³/mol. The molecule has 1 atom stereocenters. The lowest BCUT2D eigenvalue weighted by molar-refractivity contribution is 0.129. The summed E-state index contributed by atoms with van der Waals surface area (Å²) in [4.78, 5) is 4.74. The molecule has 0 saturated heterocycles. The topological polar surface area (TPSA) is 63.5 Å². The number of aromatic nitrogens is 2. The highest BCUT2D eigenvalue weighted by atomic mass is 127. The van der Waals surface area contributed by atoms with Crippen LogP contribution < -0.4 is 15.4 Å². The number of halogens is 1. The van der Waals surface area contributed by atoms with Crippen LogP contribution in [0.5, 0.6) is 5.75 Å². The first-order valence-corrected chi connectivity index (χ1v) is 9.64. The first-order chi connectivity index (χ1) is 12.9. The van der Waals surface area contributed by atoms with Gasteiger partial charge < -0.3 is 15.4 Å². The van der Waals surface area contributed by atoms with Crippen LogP contribution in [-0.4, -0.2) is 34.4 Å². The molecule has 156 valence electrons. The van der Waals surface area contributed by atoms with Gasteiger partial charge in [-0.25, -0.2) is 4.99 Å². The van der Waals surface area contributed by atoms with E-state index in [1.165, 1.54) is 0 Å². The monoisotopic (exact) mass is 499 g/mol.